The molecule has 1 aromatic rings. The van der Waals surface area contributed by atoms with Crippen molar-refractivity contribution in [2.75, 3.05) is 6.61 Å². The lowest BCUT2D eigenvalue weighted by atomic mass is 10.2. The van der Waals surface area contributed by atoms with Crippen LogP contribution in [0.1, 0.15) is 17.3 Å². The zero-order valence-corrected chi connectivity index (χ0v) is 8.90. The molecule has 1 rings (SSSR count). The number of carbonyl (C=O) groups excluding carboxylic acids is 1. The Labute approximate surface area is 88.0 Å². The van der Waals surface area contributed by atoms with Crippen molar-refractivity contribution in [1.82, 2.24) is 0 Å². The fourth-order valence-electron chi connectivity index (χ4n) is 0.917. The first-order chi connectivity index (χ1) is 6.57. The van der Waals surface area contributed by atoms with Gasteiger partial charge in [0.05, 0.1) is 11.1 Å². The van der Waals surface area contributed by atoms with Gasteiger partial charge in [0.1, 0.15) is 11.4 Å². The van der Waals surface area contributed by atoms with Gasteiger partial charge in [0.15, 0.2) is 5.82 Å². The normalized spacial score (nSPS) is 10.0. The van der Waals surface area contributed by atoms with E-state index in [1.54, 1.807) is 6.92 Å². The first-order valence-corrected chi connectivity index (χ1v) is 4.67. The highest BCUT2D eigenvalue weighted by atomic mass is 79.9. The van der Waals surface area contributed by atoms with Gasteiger partial charge >= 0.3 is 5.97 Å². The Morgan fingerprint density at radius 3 is 2.71 bits per heavy atom. The van der Waals surface area contributed by atoms with E-state index in [-0.39, 0.29) is 11.1 Å². The molecule has 2 nitrogen and oxygen atoms in total. The minimum Gasteiger partial charge on any atom is -0.462 e. The molecule has 0 aliphatic heterocycles. The molecule has 0 aromatic heterocycles. The fourth-order valence-corrected chi connectivity index (χ4v) is 1.25. The first-order valence-electron chi connectivity index (χ1n) is 3.88. The molecule has 0 aliphatic carbocycles. The third kappa shape index (κ3) is 2.09. The Morgan fingerprint density at radius 2 is 2.14 bits per heavy atom. The third-order valence-electron chi connectivity index (χ3n) is 1.52. The van der Waals surface area contributed by atoms with E-state index in [9.17, 15) is 13.6 Å². The molecule has 0 radical (unpaired) electrons. The van der Waals surface area contributed by atoms with E-state index in [4.69, 9.17) is 0 Å². The molecule has 1 aromatic carbocycles. The van der Waals surface area contributed by atoms with Crippen LogP contribution in [0.3, 0.4) is 0 Å². The van der Waals surface area contributed by atoms with E-state index in [1.165, 1.54) is 6.07 Å². The first kappa shape index (κ1) is 11.1. The summed E-state index contributed by atoms with van der Waals surface area (Å²) in [6.45, 7) is 1.63. The van der Waals surface area contributed by atoms with Crippen molar-refractivity contribution in [1.29, 1.82) is 0 Å². The maximum Gasteiger partial charge on any atom is 0.344 e. The van der Waals surface area contributed by atoms with Crippen molar-refractivity contribution >= 4 is 21.9 Å². The summed E-state index contributed by atoms with van der Waals surface area (Å²) in [7, 11) is 0. The minimum atomic E-state index is -0.996. The molecule has 0 aliphatic rings. The number of carbonyl (C=O) groups is 1. The van der Waals surface area contributed by atoms with Gasteiger partial charge in [-0.3, -0.25) is 0 Å². The van der Waals surface area contributed by atoms with Crippen LogP contribution in [0.4, 0.5) is 8.78 Å². The lowest BCUT2D eigenvalue weighted by Crippen LogP contribution is -2.10. The lowest BCUT2D eigenvalue weighted by molar-refractivity contribution is 0.0515. The van der Waals surface area contributed by atoms with Crippen molar-refractivity contribution in [3.63, 3.8) is 0 Å². The van der Waals surface area contributed by atoms with Crippen LogP contribution < -0.4 is 0 Å². The Hall–Kier alpha value is -0.970. The van der Waals surface area contributed by atoms with E-state index in [0.29, 0.717) is 0 Å². The molecular weight excluding hydrogens is 258 g/mol. The van der Waals surface area contributed by atoms with Gasteiger partial charge in [-0.25, -0.2) is 13.6 Å². The quantitative estimate of drug-likeness (QED) is 0.607. The average molecular weight is 265 g/mol. The number of benzene rings is 1. The molecule has 0 unspecified atom stereocenters. The van der Waals surface area contributed by atoms with Crippen LogP contribution in [-0.4, -0.2) is 12.6 Å². The molecule has 0 bridgehead atoms. The van der Waals surface area contributed by atoms with Gasteiger partial charge in [-0.2, -0.15) is 0 Å². The van der Waals surface area contributed by atoms with Crippen LogP contribution >= 0.6 is 15.9 Å². The van der Waals surface area contributed by atoms with E-state index in [0.717, 1.165) is 6.07 Å². The lowest BCUT2D eigenvalue weighted by Gasteiger charge is -2.05. The molecule has 0 heterocycles. The third-order valence-corrected chi connectivity index (χ3v) is 2.14. The van der Waals surface area contributed by atoms with Crippen molar-refractivity contribution in [3.05, 3.63) is 33.8 Å². The summed E-state index contributed by atoms with van der Waals surface area (Å²) in [5.41, 5.74) is -0.666. The van der Waals surface area contributed by atoms with Gasteiger partial charge in [0.2, 0.25) is 0 Å². The van der Waals surface area contributed by atoms with Gasteiger partial charge < -0.3 is 4.74 Å². The van der Waals surface area contributed by atoms with Gasteiger partial charge in [-0.05, 0) is 35.0 Å². The maximum atomic E-state index is 13.2. The van der Waals surface area contributed by atoms with Gasteiger partial charge in [-0.1, -0.05) is 0 Å². The summed E-state index contributed by atoms with van der Waals surface area (Å²) in [4.78, 5) is 11.1. The topological polar surface area (TPSA) is 26.3 Å². The number of hydrogen-bond acceptors (Lipinski definition) is 2. The maximum absolute atomic E-state index is 13.2. The highest BCUT2D eigenvalue weighted by Gasteiger charge is 2.20. The van der Waals surface area contributed by atoms with E-state index in [2.05, 4.69) is 20.7 Å². The van der Waals surface area contributed by atoms with Crippen LogP contribution in [0.25, 0.3) is 0 Å². The van der Waals surface area contributed by atoms with Crippen molar-refractivity contribution < 1.29 is 18.3 Å². The summed E-state index contributed by atoms with van der Waals surface area (Å²) in [6, 6.07) is 2.19. The summed E-state index contributed by atoms with van der Waals surface area (Å²) in [5, 5.41) is 0. The molecule has 0 atom stereocenters. The van der Waals surface area contributed by atoms with Crippen molar-refractivity contribution in [3.8, 4) is 0 Å². The zero-order valence-electron chi connectivity index (χ0n) is 7.31. The number of ether oxygens (including phenoxy) is 1. The standard InChI is InChI=1S/C9H7BrF2O2/c1-2-14-9(13)7-6(11)4-3-5(10)8(7)12/h3-4H,2H2,1H3. The minimum absolute atomic E-state index is 0.0296. The molecule has 0 saturated carbocycles. The average Bonchev–Trinajstić information content (AvgIpc) is 2.13. The van der Waals surface area contributed by atoms with Crippen LogP contribution in [0.15, 0.2) is 16.6 Å². The van der Waals surface area contributed by atoms with Gasteiger partial charge in [-0.15, -0.1) is 0 Å². The molecule has 0 amide bonds. The molecular formula is C9H7BrF2O2. The van der Waals surface area contributed by atoms with Crippen molar-refractivity contribution in [2.45, 2.75) is 6.92 Å². The van der Waals surface area contributed by atoms with Crippen LogP contribution in [0.5, 0.6) is 0 Å². The monoisotopic (exact) mass is 264 g/mol. The molecule has 0 N–H and O–H groups in total. The Balaban J connectivity index is 3.18. The van der Waals surface area contributed by atoms with Gasteiger partial charge in [0, 0.05) is 0 Å². The van der Waals surface area contributed by atoms with E-state index >= 15 is 0 Å². The van der Waals surface area contributed by atoms with Crippen LogP contribution in [0, 0.1) is 11.6 Å². The summed E-state index contributed by atoms with van der Waals surface area (Å²) >= 11 is 2.85. The zero-order chi connectivity index (χ0) is 10.7. The smallest absolute Gasteiger partial charge is 0.344 e. The summed E-state index contributed by atoms with van der Waals surface area (Å²) < 4.78 is 30.8. The SMILES string of the molecule is CCOC(=O)c1c(F)ccc(Br)c1F. The largest absolute Gasteiger partial charge is 0.462 e. The highest BCUT2D eigenvalue weighted by molar-refractivity contribution is 9.10. The molecule has 0 fully saturated rings. The van der Waals surface area contributed by atoms with Crippen LogP contribution in [0.2, 0.25) is 0 Å². The van der Waals surface area contributed by atoms with E-state index < -0.39 is 23.2 Å². The predicted octanol–water partition coefficient (Wildman–Crippen LogP) is 2.90. The Bertz CT molecular complexity index is 366. The fraction of sp³-hybridized carbons (Fsp3) is 0.222. The second kappa shape index (κ2) is 4.50. The summed E-state index contributed by atoms with van der Waals surface area (Å²) in [6.07, 6.45) is 0. The summed E-state index contributed by atoms with van der Waals surface area (Å²) in [5.74, 6) is -2.86. The highest BCUT2D eigenvalue weighted by Crippen LogP contribution is 2.22. The van der Waals surface area contributed by atoms with E-state index in [1.807, 2.05) is 0 Å². The van der Waals surface area contributed by atoms with Crippen LogP contribution in [-0.2, 0) is 4.74 Å². The number of hydrogen-bond donors (Lipinski definition) is 0. The number of halogens is 3. The van der Waals surface area contributed by atoms with Gasteiger partial charge in [0.25, 0.3) is 0 Å². The second-order valence-corrected chi connectivity index (χ2v) is 3.29. The second-order valence-electron chi connectivity index (χ2n) is 2.44. The predicted molar refractivity (Wildman–Crippen MR) is 50.0 cm³/mol. The molecule has 0 spiro atoms. The molecule has 76 valence electrons. The molecule has 0 saturated heterocycles. The Kier molecular flexibility index (Phi) is 3.57. The number of esters is 1. The Morgan fingerprint density at radius 1 is 1.50 bits per heavy atom. The van der Waals surface area contributed by atoms with Crippen molar-refractivity contribution in [2.24, 2.45) is 0 Å². The number of rotatable bonds is 2. The molecule has 5 heteroatoms. The molecule has 14 heavy (non-hydrogen) atoms.